The second-order valence-electron chi connectivity index (χ2n) is 4.02. The molecule has 2 aliphatic heterocycles. The summed E-state index contributed by atoms with van der Waals surface area (Å²) in [5, 5.41) is 18.2. The van der Waals surface area contributed by atoms with Gasteiger partial charge in [-0.3, -0.25) is 0 Å². The zero-order valence-corrected chi connectivity index (χ0v) is 9.33. The minimum absolute atomic E-state index is 0.0528. The third kappa shape index (κ3) is 1.88. The number of halogens is 2. The Morgan fingerprint density at radius 3 is 2.83 bits per heavy atom. The van der Waals surface area contributed by atoms with Gasteiger partial charge < -0.3 is 25.6 Å². The predicted molar refractivity (Wildman–Crippen MR) is 58.4 cm³/mol. The maximum Gasteiger partial charge on any atom is 0.263 e. The molecule has 0 amide bonds. The minimum atomic E-state index is -2.84. The Labute approximate surface area is 102 Å². The molecule has 2 aliphatic rings. The molecular weight excluding hydrogens is 248 g/mol. The Kier molecular flexibility index (Phi) is 3.09. The summed E-state index contributed by atoms with van der Waals surface area (Å²) in [5.41, 5.74) is 5.41. The number of alkyl halides is 2. The van der Waals surface area contributed by atoms with Crippen molar-refractivity contribution in [3.63, 3.8) is 0 Å². The summed E-state index contributed by atoms with van der Waals surface area (Å²) in [4.78, 5) is 4.87. The largest absolute Gasteiger partial charge is 0.390 e. The van der Waals surface area contributed by atoms with Gasteiger partial charge in [0.1, 0.15) is 18.3 Å². The quantitative estimate of drug-likeness (QED) is 0.615. The molecule has 2 heterocycles. The van der Waals surface area contributed by atoms with E-state index in [0.29, 0.717) is 0 Å². The first-order valence-corrected chi connectivity index (χ1v) is 5.18. The van der Waals surface area contributed by atoms with Crippen molar-refractivity contribution in [3.8, 4) is 0 Å². The molecule has 0 saturated carbocycles. The number of amidine groups is 1. The van der Waals surface area contributed by atoms with Crippen LogP contribution in [0.3, 0.4) is 0 Å². The highest BCUT2D eigenvalue weighted by atomic mass is 19.2. The Balaban J connectivity index is 2.21. The lowest BCUT2D eigenvalue weighted by Gasteiger charge is -2.29. The Bertz CT molecular complexity index is 429. The van der Waals surface area contributed by atoms with Gasteiger partial charge in [-0.25, -0.2) is 13.8 Å². The van der Waals surface area contributed by atoms with E-state index in [0.717, 1.165) is 4.90 Å². The van der Waals surface area contributed by atoms with Crippen LogP contribution in [0.1, 0.15) is 0 Å². The molecule has 0 aromatic heterocycles. The van der Waals surface area contributed by atoms with E-state index in [4.69, 9.17) is 15.6 Å². The summed E-state index contributed by atoms with van der Waals surface area (Å²) in [7, 11) is 0. The van der Waals surface area contributed by atoms with E-state index in [-0.39, 0.29) is 11.7 Å². The lowest BCUT2D eigenvalue weighted by atomic mass is 10.1. The Morgan fingerprint density at radius 1 is 1.67 bits per heavy atom. The third-order valence-electron chi connectivity index (χ3n) is 2.78. The van der Waals surface area contributed by atoms with Crippen molar-refractivity contribution in [1.82, 2.24) is 4.90 Å². The number of aliphatic hydroxyl groups excluding tert-OH is 2. The lowest BCUT2D eigenvalue weighted by Crippen LogP contribution is -2.41. The van der Waals surface area contributed by atoms with Crippen LogP contribution >= 0.6 is 0 Å². The third-order valence-corrected chi connectivity index (χ3v) is 2.78. The molecule has 6 nitrogen and oxygen atoms in total. The SMILES string of the molecule is C=C1N=C(N)C=CN1[C@@H]1O[C@](F)(CO)[C@@H](O)[C@H]1F. The average Bonchev–Trinajstić information content (AvgIpc) is 2.55. The maximum atomic E-state index is 13.8. The van der Waals surface area contributed by atoms with Crippen LogP contribution in [0.15, 0.2) is 29.7 Å². The number of aliphatic imine (C=N–C) groups is 1. The van der Waals surface area contributed by atoms with E-state index in [1.165, 1.54) is 12.3 Å². The normalized spacial score (nSPS) is 40.2. The molecule has 0 unspecified atom stereocenters. The molecule has 100 valence electrons. The number of nitrogens with two attached hydrogens (primary N) is 1. The highest BCUT2D eigenvalue weighted by Gasteiger charge is 2.57. The monoisotopic (exact) mass is 261 g/mol. The fraction of sp³-hybridized carbons (Fsp3) is 0.500. The van der Waals surface area contributed by atoms with E-state index >= 15 is 0 Å². The fourth-order valence-corrected chi connectivity index (χ4v) is 1.79. The van der Waals surface area contributed by atoms with E-state index in [1.54, 1.807) is 0 Å². The number of aliphatic hydroxyl groups is 2. The lowest BCUT2D eigenvalue weighted by molar-refractivity contribution is -0.209. The van der Waals surface area contributed by atoms with Crippen LogP contribution in [0.4, 0.5) is 8.78 Å². The number of hydrogen-bond donors (Lipinski definition) is 3. The molecule has 0 spiro atoms. The standard InChI is InChI=1S/C10H13F2N3O3/c1-5-14-6(13)2-3-15(5)9-7(11)8(17)10(12,4-16)18-9/h2-3,7-9,16-17H,1,4H2,(H2,13,14)/t7-,8+,9-,10-/m1/s1. The molecule has 8 heteroatoms. The van der Waals surface area contributed by atoms with Crippen LogP contribution in [0.5, 0.6) is 0 Å². The molecule has 0 aromatic carbocycles. The first kappa shape index (κ1) is 12.9. The summed E-state index contributed by atoms with van der Waals surface area (Å²) in [6.45, 7) is 2.37. The number of hydrogen-bond acceptors (Lipinski definition) is 6. The molecule has 4 N–H and O–H groups in total. The molecule has 4 atom stereocenters. The molecule has 0 aromatic rings. The maximum absolute atomic E-state index is 13.8. The number of ether oxygens (including phenoxy) is 1. The van der Waals surface area contributed by atoms with E-state index < -0.39 is 31.0 Å². The van der Waals surface area contributed by atoms with Crippen LogP contribution in [-0.4, -0.2) is 51.9 Å². The van der Waals surface area contributed by atoms with Crippen molar-refractivity contribution < 1.29 is 23.7 Å². The highest BCUT2D eigenvalue weighted by molar-refractivity contribution is 5.92. The molecular formula is C10H13F2N3O3. The van der Waals surface area contributed by atoms with Gasteiger partial charge in [0.2, 0.25) is 0 Å². The van der Waals surface area contributed by atoms with Crippen LogP contribution < -0.4 is 5.73 Å². The van der Waals surface area contributed by atoms with Crippen molar-refractivity contribution >= 4 is 5.84 Å². The van der Waals surface area contributed by atoms with Gasteiger partial charge in [0, 0.05) is 6.20 Å². The summed E-state index contributed by atoms with van der Waals surface area (Å²) >= 11 is 0. The molecule has 2 rings (SSSR count). The van der Waals surface area contributed by atoms with Gasteiger partial charge in [-0.15, -0.1) is 0 Å². The van der Waals surface area contributed by atoms with Crippen molar-refractivity contribution in [2.75, 3.05) is 6.61 Å². The van der Waals surface area contributed by atoms with Gasteiger partial charge in [0.05, 0.1) is 0 Å². The zero-order chi connectivity index (χ0) is 13.5. The van der Waals surface area contributed by atoms with E-state index in [1.807, 2.05) is 0 Å². The van der Waals surface area contributed by atoms with Gasteiger partial charge in [-0.05, 0) is 6.08 Å². The average molecular weight is 261 g/mol. The van der Waals surface area contributed by atoms with Crippen LogP contribution in [0.25, 0.3) is 0 Å². The number of nitrogens with zero attached hydrogens (tertiary/aromatic N) is 2. The highest BCUT2D eigenvalue weighted by Crippen LogP contribution is 2.37. The van der Waals surface area contributed by atoms with E-state index in [2.05, 4.69) is 11.6 Å². The first-order chi connectivity index (χ1) is 8.39. The summed E-state index contributed by atoms with van der Waals surface area (Å²) in [6.07, 6.45) is -2.93. The van der Waals surface area contributed by atoms with E-state index in [9.17, 15) is 13.9 Å². The summed E-state index contributed by atoms with van der Waals surface area (Å²) in [5.74, 6) is -2.62. The second kappa shape index (κ2) is 4.30. The van der Waals surface area contributed by atoms with Gasteiger partial charge in [0.15, 0.2) is 18.5 Å². The molecule has 0 bridgehead atoms. The molecule has 1 fully saturated rings. The fourth-order valence-electron chi connectivity index (χ4n) is 1.79. The molecule has 0 aliphatic carbocycles. The minimum Gasteiger partial charge on any atom is -0.390 e. The van der Waals surface area contributed by atoms with Gasteiger partial charge in [-0.1, -0.05) is 6.58 Å². The van der Waals surface area contributed by atoms with Crippen LogP contribution in [-0.2, 0) is 4.74 Å². The van der Waals surface area contributed by atoms with Crippen molar-refractivity contribution in [3.05, 3.63) is 24.7 Å². The summed E-state index contributed by atoms with van der Waals surface area (Å²) in [6, 6.07) is 0. The topological polar surface area (TPSA) is 91.3 Å². The zero-order valence-electron chi connectivity index (χ0n) is 9.33. The molecule has 18 heavy (non-hydrogen) atoms. The van der Waals surface area contributed by atoms with Crippen molar-refractivity contribution in [2.24, 2.45) is 10.7 Å². The second-order valence-corrected chi connectivity index (χ2v) is 4.02. The Hall–Kier alpha value is -1.51. The van der Waals surface area contributed by atoms with Crippen molar-refractivity contribution in [1.29, 1.82) is 0 Å². The number of rotatable bonds is 2. The Morgan fingerprint density at radius 2 is 2.33 bits per heavy atom. The van der Waals surface area contributed by atoms with Gasteiger partial charge in [-0.2, -0.15) is 0 Å². The first-order valence-electron chi connectivity index (χ1n) is 5.18. The van der Waals surface area contributed by atoms with Crippen LogP contribution in [0, 0.1) is 0 Å². The molecule has 1 saturated heterocycles. The predicted octanol–water partition coefficient (Wildman–Crippen LogP) is -0.643. The van der Waals surface area contributed by atoms with Crippen molar-refractivity contribution in [2.45, 2.75) is 24.4 Å². The smallest absolute Gasteiger partial charge is 0.263 e. The summed E-state index contributed by atoms with van der Waals surface area (Å²) < 4.78 is 32.3. The molecule has 0 radical (unpaired) electrons. The van der Waals surface area contributed by atoms with Crippen LogP contribution in [0.2, 0.25) is 0 Å². The van der Waals surface area contributed by atoms with Gasteiger partial charge in [0.25, 0.3) is 5.85 Å². The van der Waals surface area contributed by atoms with Gasteiger partial charge >= 0.3 is 0 Å².